The fourth-order valence-electron chi connectivity index (χ4n) is 0.716. The van der Waals surface area contributed by atoms with Gasteiger partial charge >= 0.3 is 0 Å². The van der Waals surface area contributed by atoms with Gasteiger partial charge in [-0.15, -0.1) is 11.6 Å². The number of nitrogens with two attached hydrogens (primary N) is 1. The molecular weight excluding hydrogens is 162 g/mol. The minimum absolute atomic E-state index is 0.0196. The molecule has 62 valence electrons. The Morgan fingerprint density at radius 3 is 2.27 bits per heavy atom. The Balaban J connectivity index is 4.57. The van der Waals surface area contributed by atoms with E-state index in [0.29, 0.717) is 11.3 Å². The molecule has 0 saturated heterocycles. The maximum Gasteiger partial charge on any atom is 0.179 e. The van der Waals surface area contributed by atoms with Crippen molar-refractivity contribution in [1.82, 2.24) is 0 Å². The normalized spacial score (nSPS) is 13.4. The van der Waals surface area contributed by atoms with Gasteiger partial charge in [-0.1, -0.05) is 12.2 Å². The Bertz CT molecular complexity index is 206. The molecule has 0 aromatic carbocycles. The molecule has 0 fully saturated rings. The van der Waals surface area contributed by atoms with Gasteiger partial charge in [0.15, 0.2) is 5.78 Å². The van der Waals surface area contributed by atoms with Crippen LogP contribution in [-0.2, 0) is 4.79 Å². The van der Waals surface area contributed by atoms with Crippen LogP contribution in [-0.4, -0.2) is 11.7 Å². The van der Waals surface area contributed by atoms with Crippen LogP contribution in [0, 0.1) is 0 Å². The highest BCUT2D eigenvalue weighted by Gasteiger charge is 2.07. The van der Waals surface area contributed by atoms with Gasteiger partial charge in [-0.2, -0.15) is 0 Å². The van der Waals surface area contributed by atoms with E-state index in [9.17, 15) is 4.79 Å². The minimum Gasteiger partial charge on any atom is -0.398 e. The largest absolute Gasteiger partial charge is 0.398 e. The average Bonchev–Trinajstić information content (AvgIpc) is 2.05. The van der Waals surface area contributed by atoms with Crippen molar-refractivity contribution >= 4 is 17.4 Å². The summed E-state index contributed by atoms with van der Waals surface area (Å²) in [5.41, 5.74) is 6.50. The van der Waals surface area contributed by atoms with Crippen molar-refractivity contribution in [3.8, 4) is 0 Å². The summed E-state index contributed by atoms with van der Waals surface area (Å²) in [7, 11) is 0. The summed E-state index contributed by atoms with van der Waals surface area (Å²) in [6.45, 7) is 3.54. The number of allylic oxidation sites excluding steroid dienone is 3. The number of alkyl halides is 1. The summed E-state index contributed by atoms with van der Waals surface area (Å²) in [5, 5.41) is 0. The van der Waals surface area contributed by atoms with Crippen LogP contribution in [0.1, 0.15) is 13.8 Å². The van der Waals surface area contributed by atoms with Crippen molar-refractivity contribution < 1.29 is 4.79 Å². The van der Waals surface area contributed by atoms with E-state index in [-0.39, 0.29) is 11.7 Å². The molecule has 0 rings (SSSR count). The van der Waals surface area contributed by atoms with E-state index in [1.807, 2.05) is 0 Å². The van der Waals surface area contributed by atoms with E-state index < -0.39 is 0 Å². The maximum atomic E-state index is 11.0. The SMILES string of the molecule is C/C=C(N)\C(=C/C)C(=O)CCl. The molecule has 0 aliphatic rings. The van der Waals surface area contributed by atoms with Gasteiger partial charge in [0.2, 0.25) is 0 Å². The molecule has 0 spiro atoms. The molecule has 0 atom stereocenters. The first-order chi connectivity index (χ1) is 5.17. The summed E-state index contributed by atoms with van der Waals surface area (Å²) in [4.78, 5) is 11.0. The zero-order valence-electron chi connectivity index (χ0n) is 6.73. The monoisotopic (exact) mass is 173 g/mol. The van der Waals surface area contributed by atoms with Gasteiger partial charge < -0.3 is 5.73 Å². The quantitative estimate of drug-likeness (QED) is 0.400. The number of carbonyl (C=O) groups is 1. The van der Waals surface area contributed by atoms with Crippen molar-refractivity contribution in [2.24, 2.45) is 5.73 Å². The topological polar surface area (TPSA) is 43.1 Å². The lowest BCUT2D eigenvalue weighted by Gasteiger charge is -2.02. The number of halogens is 1. The lowest BCUT2D eigenvalue weighted by atomic mass is 10.1. The van der Waals surface area contributed by atoms with E-state index in [1.54, 1.807) is 26.0 Å². The Hall–Kier alpha value is -0.760. The third-order valence-corrected chi connectivity index (χ3v) is 1.58. The number of hydrogen-bond donors (Lipinski definition) is 1. The minimum atomic E-state index is -0.134. The van der Waals surface area contributed by atoms with Gasteiger partial charge in [-0.25, -0.2) is 0 Å². The summed E-state index contributed by atoms with van der Waals surface area (Å²) in [6.07, 6.45) is 3.35. The van der Waals surface area contributed by atoms with Crippen LogP contribution in [0.4, 0.5) is 0 Å². The molecule has 0 aromatic rings. The molecule has 0 saturated carbocycles. The smallest absolute Gasteiger partial charge is 0.179 e. The molecule has 0 radical (unpaired) electrons. The van der Waals surface area contributed by atoms with Crippen molar-refractivity contribution in [3.05, 3.63) is 23.4 Å². The molecule has 0 unspecified atom stereocenters. The summed E-state index contributed by atoms with van der Waals surface area (Å²) < 4.78 is 0. The zero-order valence-corrected chi connectivity index (χ0v) is 7.48. The van der Waals surface area contributed by atoms with Crippen LogP contribution in [0.15, 0.2) is 23.4 Å². The number of Topliss-reactive ketones (excluding diaryl/α,β-unsaturated/α-hetero) is 1. The fourth-order valence-corrected chi connectivity index (χ4v) is 0.860. The van der Waals surface area contributed by atoms with Gasteiger partial charge in [0.05, 0.1) is 5.88 Å². The molecule has 2 nitrogen and oxygen atoms in total. The third-order valence-electron chi connectivity index (χ3n) is 1.33. The van der Waals surface area contributed by atoms with E-state index in [4.69, 9.17) is 17.3 Å². The lowest BCUT2D eigenvalue weighted by Crippen LogP contribution is -2.11. The van der Waals surface area contributed by atoms with E-state index >= 15 is 0 Å². The van der Waals surface area contributed by atoms with Gasteiger partial charge in [-0.05, 0) is 13.8 Å². The van der Waals surface area contributed by atoms with Crippen molar-refractivity contribution in [3.63, 3.8) is 0 Å². The zero-order chi connectivity index (χ0) is 8.85. The first kappa shape index (κ1) is 10.2. The van der Waals surface area contributed by atoms with E-state index in [2.05, 4.69) is 0 Å². The first-order valence-corrected chi connectivity index (χ1v) is 3.88. The van der Waals surface area contributed by atoms with Crippen LogP contribution in [0.25, 0.3) is 0 Å². The highest BCUT2D eigenvalue weighted by atomic mass is 35.5. The predicted molar refractivity (Wildman–Crippen MR) is 47.4 cm³/mol. The van der Waals surface area contributed by atoms with Crippen LogP contribution in [0.3, 0.4) is 0 Å². The highest BCUT2D eigenvalue weighted by Crippen LogP contribution is 2.05. The summed E-state index contributed by atoms with van der Waals surface area (Å²) in [6, 6.07) is 0. The second-order valence-corrected chi connectivity index (χ2v) is 2.27. The molecule has 3 heteroatoms. The first-order valence-electron chi connectivity index (χ1n) is 3.35. The molecule has 0 bridgehead atoms. The molecule has 0 heterocycles. The van der Waals surface area contributed by atoms with Gasteiger partial charge in [0, 0.05) is 11.3 Å². The summed E-state index contributed by atoms with van der Waals surface area (Å²) >= 11 is 5.35. The Morgan fingerprint density at radius 1 is 1.45 bits per heavy atom. The highest BCUT2D eigenvalue weighted by molar-refractivity contribution is 6.30. The van der Waals surface area contributed by atoms with E-state index in [1.165, 1.54) is 0 Å². The number of rotatable bonds is 3. The molecule has 0 aromatic heterocycles. The number of hydrogen-bond acceptors (Lipinski definition) is 2. The van der Waals surface area contributed by atoms with Crippen molar-refractivity contribution in [1.29, 1.82) is 0 Å². The van der Waals surface area contributed by atoms with Crippen LogP contribution < -0.4 is 5.73 Å². The lowest BCUT2D eigenvalue weighted by molar-refractivity contribution is -0.113. The molecular formula is C8H12ClNO. The number of carbonyl (C=O) groups excluding carboxylic acids is 1. The van der Waals surface area contributed by atoms with Crippen LogP contribution in [0.5, 0.6) is 0 Å². The summed E-state index contributed by atoms with van der Waals surface area (Å²) in [5.74, 6) is -0.154. The van der Waals surface area contributed by atoms with Gasteiger partial charge in [0.1, 0.15) is 0 Å². The molecule has 0 aliphatic carbocycles. The fraction of sp³-hybridized carbons (Fsp3) is 0.375. The van der Waals surface area contributed by atoms with E-state index in [0.717, 1.165) is 0 Å². The Labute approximate surface area is 71.7 Å². The van der Waals surface area contributed by atoms with Crippen LogP contribution >= 0.6 is 11.6 Å². The van der Waals surface area contributed by atoms with Crippen molar-refractivity contribution in [2.45, 2.75) is 13.8 Å². The molecule has 0 amide bonds. The molecule has 11 heavy (non-hydrogen) atoms. The second-order valence-electron chi connectivity index (χ2n) is 2.00. The Kier molecular flexibility index (Phi) is 4.62. The molecule has 2 N–H and O–H groups in total. The van der Waals surface area contributed by atoms with Crippen molar-refractivity contribution in [2.75, 3.05) is 5.88 Å². The number of ketones is 1. The standard InChI is InChI=1S/C8H12ClNO/c1-3-6(7(10)4-2)8(11)5-9/h3-4H,5,10H2,1-2H3/b6-3+,7-4+. The second kappa shape index (κ2) is 4.97. The van der Waals surface area contributed by atoms with Crippen LogP contribution in [0.2, 0.25) is 0 Å². The molecule has 0 aliphatic heterocycles. The van der Waals surface area contributed by atoms with Gasteiger partial charge in [0.25, 0.3) is 0 Å². The average molecular weight is 174 g/mol. The Morgan fingerprint density at radius 2 is 2.00 bits per heavy atom. The predicted octanol–water partition coefficient (Wildman–Crippen LogP) is 1.60. The van der Waals surface area contributed by atoms with Gasteiger partial charge in [-0.3, -0.25) is 4.79 Å². The maximum absolute atomic E-state index is 11.0. The third kappa shape index (κ3) is 2.76.